The van der Waals surface area contributed by atoms with Crippen LogP contribution in [0.4, 0.5) is 17.1 Å². The fraction of sp³-hybridized carbons (Fsp3) is 0.391. The second-order valence-corrected chi connectivity index (χ2v) is 9.79. The minimum Gasteiger partial charge on any atom is -0.494 e. The summed E-state index contributed by atoms with van der Waals surface area (Å²) in [7, 11) is -2.04. The Kier molecular flexibility index (Phi) is 7.74. The molecular formula is C23H29N3O5S. The Morgan fingerprint density at radius 1 is 1.00 bits per heavy atom. The third kappa shape index (κ3) is 6.23. The summed E-state index contributed by atoms with van der Waals surface area (Å²) >= 11 is 0. The number of amides is 2. The number of hydrogen-bond donors (Lipinski definition) is 3. The van der Waals surface area contributed by atoms with Gasteiger partial charge in [0, 0.05) is 28.9 Å². The van der Waals surface area contributed by atoms with E-state index in [1.807, 2.05) is 0 Å². The summed E-state index contributed by atoms with van der Waals surface area (Å²) in [6, 6.07) is 11.4. The number of anilines is 3. The lowest BCUT2D eigenvalue weighted by atomic mass is 9.88. The van der Waals surface area contributed by atoms with Crippen LogP contribution in [0.5, 0.6) is 5.75 Å². The van der Waals surface area contributed by atoms with E-state index >= 15 is 0 Å². The van der Waals surface area contributed by atoms with Gasteiger partial charge in [-0.1, -0.05) is 25.3 Å². The summed E-state index contributed by atoms with van der Waals surface area (Å²) in [5.74, 6) is -0.118. The second-order valence-electron chi connectivity index (χ2n) is 7.78. The molecular weight excluding hydrogens is 430 g/mol. The molecule has 3 rings (SSSR count). The standard InChI is InChI=1S/C23H29N3O5S/c1-3-32(29,30)26-20-13-12-19(15-21(20)31-2)25-23(28)17-10-7-11-18(14-17)24-22(27)16-8-5-4-6-9-16/h7,10-16,26H,3-6,8-9H2,1-2H3,(H,24,27)(H,25,28). The van der Waals surface area contributed by atoms with E-state index in [4.69, 9.17) is 4.74 Å². The molecule has 1 saturated carbocycles. The van der Waals surface area contributed by atoms with Crippen molar-refractivity contribution in [1.29, 1.82) is 0 Å². The molecule has 1 fully saturated rings. The normalized spacial score (nSPS) is 14.4. The molecule has 0 bridgehead atoms. The second kappa shape index (κ2) is 10.5. The van der Waals surface area contributed by atoms with Crippen molar-refractivity contribution in [2.45, 2.75) is 39.0 Å². The van der Waals surface area contributed by atoms with Gasteiger partial charge in [0.1, 0.15) is 5.75 Å². The van der Waals surface area contributed by atoms with Crippen molar-refractivity contribution < 1.29 is 22.7 Å². The van der Waals surface area contributed by atoms with E-state index in [0.717, 1.165) is 25.7 Å². The zero-order valence-corrected chi connectivity index (χ0v) is 19.1. The Morgan fingerprint density at radius 2 is 1.72 bits per heavy atom. The van der Waals surface area contributed by atoms with Gasteiger partial charge in [-0.25, -0.2) is 8.42 Å². The first-order valence-corrected chi connectivity index (χ1v) is 12.4. The van der Waals surface area contributed by atoms with E-state index in [0.29, 0.717) is 22.6 Å². The van der Waals surface area contributed by atoms with Gasteiger partial charge < -0.3 is 15.4 Å². The summed E-state index contributed by atoms with van der Waals surface area (Å²) in [5, 5.41) is 5.69. The monoisotopic (exact) mass is 459 g/mol. The Balaban J connectivity index is 1.69. The molecule has 0 radical (unpaired) electrons. The molecule has 0 spiro atoms. The molecule has 0 saturated heterocycles. The predicted octanol–water partition coefficient (Wildman–Crippen LogP) is 4.23. The highest BCUT2D eigenvalue weighted by atomic mass is 32.2. The predicted molar refractivity (Wildman–Crippen MR) is 126 cm³/mol. The Morgan fingerprint density at radius 3 is 2.41 bits per heavy atom. The Hall–Kier alpha value is -3.07. The van der Waals surface area contributed by atoms with Crippen molar-refractivity contribution >= 4 is 38.9 Å². The average molecular weight is 460 g/mol. The SMILES string of the molecule is CCS(=O)(=O)Nc1ccc(NC(=O)c2cccc(NC(=O)C3CCCCC3)c2)cc1OC. The molecule has 8 nitrogen and oxygen atoms in total. The van der Waals surface area contributed by atoms with Crippen molar-refractivity contribution in [2.24, 2.45) is 5.92 Å². The molecule has 9 heteroatoms. The van der Waals surface area contributed by atoms with Crippen molar-refractivity contribution in [2.75, 3.05) is 28.2 Å². The summed E-state index contributed by atoms with van der Waals surface area (Å²) in [6.07, 6.45) is 5.12. The van der Waals surface area contributed by atoms with Gasteiger partial charge in [0.05, 0.1) is 18.6 Å². The smallest absolute Gasteiger partial charge is 0.255 e. The van der Waals surface area contributed by atoms with Crippen LogP contribution in [0.1, 0.15) is 49.4 Å². The Bertz CT molecular complexity index is 1080. The summed E-state index contributed by atoms with van der Waals surface area (Å²) < 4.78 is 31.4. The van der Waals surface area contributed by atoms with Crippen LogP contribution >= 0.6 is 0 Å². The lowest BCUT2D eigenvalue weighted by Gasteiger charge is -2.20. The van der Waals surface area contributed by atoms with Gasteiger partial charge in [0.2, 0.25) is 15.9 Å². The lowest BCUT2D eigenvalue weighted by Crippen LogP contribution is -2.24. The molecule has 172 valence electrons. The van der Waals surface area contributed by atoms with Crippen LogP contribution < -0.4 is 20.1 Å². The van der Waals surface area contributed by atoms with Crippen molar-refractivity contribution in [1.82, 2.24) is 0 Å². The van der Waals surface area contributed by atoms with Crippen LogP contribution in [0.3, 0.4) is 0 Å². The van der Waals surface area contributed by atoms with E-state index in [1.165, 1.54) is 26.5 Å². The van der Waals surface area contributed by atoms with Gasteiger partial charge in [0.15, 0.2) is 0 Å². The molecule has 0 aliphatic heterocycles. The molecule has 32 heavy (non-hydrogen) atoms. The topological polar surface area (TPSA) is 114 Å². The van der Waals surface area contributed by atoms with Gasteiger partial charge in [-0.05, 0) is 50.1 Å². The number of ether oxygens (including phenoxy) is 1. The lowest BCUT2D eigenvalue weighted by molar-refractivity contribution is -0.120. The first-order valence-electron chi connectivity index (χ1n) is 10.7. The molecule has 2 aromatic carbocycles. The van der Waals surface area contributed by atoms with Gasteiger partial charge in [-0.3, -0.25) is 14.3 Å². The first-order chi connectivity index (χ1) is 15.3. The summed E-state index contributed by atoms with van der Waals surface area (Å²) in [6.45, 7) is 1.54. The molecule has 0 heterocycles. The summed E-state index contributed by atoms with van der Waals surface area (Å²) in [4.78, 5) is 25.2. The zero-order valence-electron chi connectivity index (χ0n) is 18.3. The van der Waals surface area contributed by atoms with E-state index in [1.54, 1.807) is 36.4 Å². The van der Waals surface area contributed by atoms with Gasteiger partial charge >= 0.3 is 0 Å². The number of hydrogen-bond acceptors (Lipinski definition) is 5. The van der Waals surface area contributed by atoms with Crippen LogP contribution in [0.2, 0.25) is 0 Å². The molecule has 0 unspecified atom stereocenters. The fourth-order valence-corrected chi connectivity index (χ4v) is 4.29. The van der Waals surface area contributed by atoms with Crippen LogP contribution in [0.15, 0.2) is 42.5 Å². The highest BCUT2D eigenvalue weighted by Gasteiger charge is 2.21. The largest absolute Gasteiger partial charge is 0.494 e. The maximum atomic E-state index is 12.7. The molecule has 0 aromatic heterocycles. The molecule has 0 atom stereocenters. The number of nitrogens with one attached hydrogen (secondary N) is 3. The number of benzene rings is 2. The highest BCUT2D eigenvalue weighted by Crippen LogP contribution is 2.29. The van der Waals surface area contributed by atoms with Crippen LogP contribution in [-0.4, -0.2) is 33.1 Å². The maximum Gasteiger partial charge on any atom is 0.255 e. The van der Waals surface area contributed by atoms with Crippen molar-refractivity contribution in [3.8, 4) is 5.75 Å². The first kappa shape index (κ1) is 23.6. The van der Waals surface area contributed by atoms with Crippen LogP contribution in [-0.2, 0) is 14.8 Å². The van der Waals surface area contributed by atoms with E-state index in [-0.39, 0.29) is 29.2 Å². The highest BCUT2D eigenvalue weighted by molar-refractivity contribution is 7.92. The number of methoxy groups -OCH3 is 1. The molecule has 2 aromatic rings. The van der Waals surface area contributed by atoms with Crippen LogP contribution in [0.25, 0.3) is 0 Å². The molecule has 2 amide bonds. The number of carbonyl (C=O) groups is 2. The van der Waals surface area contributed by atoms with Gasteiger partial charge in [0.25, 0.3) is 5.91 Å². The minimum absolute atomic E-state index is 0.00267. The number of sulfonamides is 1. The fourth-order valence-electron chi connectivity index (χ4n) is 3.64. The molecule has 1 aliphatic rings. The quantitative estimate of drug-likeness (QED) is 0.547. The zero-order chi connectivity index (χ0) is 23.1. The third-order valence-corrected chi connectivity index (χ3v) is 6.76. The average Bonchev–Trinajstić information content (AvgIpc) is 2.80. The van der Waals surface area contributed by atoms with E-state index in [9.17, 15) is 18.0 Å². The van der Waals surface area contributed by atoms with E-state index < -0.39 is 10.0 Å². The van der Waals surface area contributed by atoms with Crippen LogP contribution in [0, 0.1) is 5.92 Å². The minimum atomic E-state index is -3.46. The molecule has 1 aliphatic carbocycles. The van der Waals surface area contributed by atoms with Crippen molar-refractivity contribution in [3.63, 3.8) is 0 Å². The number of carbonyl (C=O) groups excluding carboxylic acids is 2. The maximum absolute atomic E-state index is 12.7. The van der Waals surface area contributed by atoms with E-state index in [2.05, 4.69) is 15.4 Å². The van der Waals surface area contributed by atoms with Gasteiger partial charge in [-0.2, -0.15) is 0 Å². The summed E-state index contributed by atoms with van der Waals surface area (Å²) in [5.41, 5.74) is 1.71. The Labute approximate surface area is 188 Å². The number of rotatable bonds is 8. The third-order valence-electron chi connectivity index (χ3n) is 5.47. The molecule has 3 N–H and O–H groups in total. The van der Waals surface area contributed by atoms with Crippen molar-refractivity contribution in [3.05, 3.63) is 48.0 Å². The van der Waals surface area contributed by atoms with Gasteiger partial charge in [-0.15, -0.1) is 0 Å².